The van der Waals surface area contributed by atoms with Crippen molar-refractivity contribution >= 4 is 16.7 Å². The molecule has 0 saturated heterocycles. The second-order valence-corrected chi connectivity index (χ2v) is 9.55. The zero-order valence-corrected chi connectivity index (χ0v) is 18.9. The van der Waals surface area contributed by atoms with Crippen molar-refractivity contribution in [1.29, 1.82) is 0 Å². The molecule has 2 N–H and O–H groups in total. The molecule has 2 aromatic carbocycles. The summed E-state index contributed by atoms with van der Waals surface area (Å²) in [5.74, 6) is -2.99. The van der Waals surface area contributed by atoms with E-state index in [-0.39, 0.29) is 48.8 Å². The van der Waals surface area contributed by atoms with E-state index in [1.165, 1.54) is 18.2 Å². The Morgan fingerprint density at radius 3 is 2.29 bits per heavy atom. The Morgan fingerprint density at radius 2 is 1.69 bits per heavy atom. The molecule has 10 heteroatoms. The summed E-state index contributed by atoms with van der Waals surface area (Å²) >= 11 is 0. The van der Waals surface area contributed by atoms with Crippen molar-refractivity contribution in [1.82, 2.24) is 5.32 Å². The van der Waals surface area contributed by atoms with Crippen molar-refractivity contribution in [3.05, 3.63) is 41.5 Å². The monoisotopic (exact) mass is 503 g/mol. The molecule has 2 aliphatic rings. The van der Waals surface area contributed by atoms with Gasteiger partial charge in [-0.3, -0.25) is 4.79 Å². The number of hydrogen-bond acceptors (Lipinski definition) is 3. The molecule has 192 valence electrons. The summed E-state index contributed by atoms with van der Waals surface area (Å²) < 4.78 is 86.3. The van der Waals surface area contributed by atoms with Gasteiger partial charge in [0, 0.05) is 12.6 Å². The van der Waals surface area contributed by atoms with Gasteiger partial charge in [0.05, 0.1) is 17.9 Å². The normalized spacial score (nSPS) is 25.7. The van der Waals surface area contributed by atoms with Crippen LogP contribution in [0.15, 0.2) is 30.3 Å². The summed E-state index contributed by atoms with van der Waals surface area (Å²) in [4.78, 5) is 11.1. The Labute approximate surface area is 198 Å². The zero-order chi connectivity index (χ0) is 25.4. The van der Waals surface area contributed by atoms with Gasteiger partial charge in [-0.15, -0.1) is 0 Å². The summed E-state index contributed by atoms with van der Waals surface area (Å²) in [6, 6.07) is 7.44. The number of halogens is 6. The maximum absolute atomic E-state index is 14.0. The Balaban J connectivity index is 1.48. The lowest BCUT2D eigenvalue weighted by Gasteiger charge is -2.31. The minimum atomic E-state index is -4.70. The highest BCUT2D eigenvalue weighted by Gasteiger charge is 2.42. The van der Waals surface area contributed by atoms with E-state index >= 15 is 0 Å². The number of carbonyl (C=O) groups is 1. The Kier molecular flexibility index (Phi) is 7.22. The summed E-state index contributed by atoms with van der Waals surface area (Å²) in [6.07, 6.45) is -8.07. The average molecular weight is 503 g/mol. The fourth-order valence-corrected chi connectivity index (χ4v) is 5.20. The number of hydrogen-bond donors (Lipinski definition) is 2. The number of ether oxygens (including phenoxy) is 1. The van der Waals surface area contributed by atoms with Gasteiger partial charge in [-0.25, -0.2) is 0 Å². The first-order valence-electron chi connectivity index (χ1n) is 11.7. The van der Waals surface area contributed by atoms with E-state index in [1.54, 1.807) is 12.1 Å². The van der Waals surface area contributed by atoms with Crippen LogP contribution in [-0.2, 0) is 17.5 Å². The van der Waals surface area contributed by atoms with Crippen LogP contribution in [0, 0.1) is 11.8 Å². The van der Waals surface area contributed by atoms with Gasteiger partial charge < -0.3 is 15.2 Å². The lowest BCUT2D eigenvalue weighted by molar-refractivity contribution is -0.185. The van der Waals surface area contributed by atoms with E-state index < -0.39 is 35.9 Å². The van der Waals surface area contributed by atoms with Gasteiger partial charge in [0.25, 0.3) is 0 Å². The van der Waals surface area contributed by atoms with Gasteiger partial charge in [0.15, 0.2) is 0 Å². The van der Waals surface area contributed by atoms with E-state index in [0.29, 0.717) is 24.8 Å². The number of alkyl halides is 6. The summed E-state index contributed by atoms with van der Waals surface area (Å²) in [5.41, 5.74) is -0.156. The van der Waals surface area contributed by atoms with E-state index in [2.05, 4.69) is 5.32 Å². The van der Waals surface area contributed by atoms with Crippen molar-refractivity contribution in [2.75, 3.05) is 0 Å². The Hall–Kier alpha value is -2.49. The molecule has 2 aliphatic carbocycles. The SMILES string of the molecule is O=C(O)C1CCC(NCc2ccc3c(C(F)(F)F)c(O[C@H]4CC[C@@H](C(F)(F)F)CC4)ccc3c2)C1. The highest BCUT2D eigenvalue weighted by molar-refractivity contribution is 5.89. The maximum atomic E-state index is 14.0. The van der Waals surface area contributed by atoms with Crippen LogP contribution < -0.4 is 10.1 Å². The zero-order valence-electron chi connectivity index (χ0n) is 18.9. The fourth-order valence-electron chi connectivity index (χ4n) is 5.20. The quantitative estimate of drug-likeness (QED) is 0.431. The van der Waals surface area contributed by atoms with Crippen molar-refractivity contribution in [2.45, 2.75) is 76.0 Å². The van der Waals surface area contributed by atoms with Gasteiger partial charge in [0.2, 0.25) is 0 Å². The second-order valence-electron chi connectivity index (χ2n) is 9.55. The van der Waals surface area contributed by atoms with E-state index in [4.69, 9.17) is 9.84 Å². The molecule has 0 amide bonds. The first-order chi connectivity index (χ1) is 16.4. The third-order valence-corrected chi connectivity index (χ3v) is 7.14. The molecule has 2 atom stereocenters. The van der Waals surface area contributed by atoms with E-state index in [1.807, 2.05) is 0 Å². The van der Waals surface area contributed by atoms with Crippen LogP contribution in [0.2, 0.25) is 0 Å². The molecule has 4 rings (SSSR count). The molecule has 35 heavy (non-hydrogen) atoms. The van der Waals surface area contributed by atoms with Crippen LogP contribution in [0.1, 0.15) is 56.1 Å². The first kappa shape index (κ1) is 25.6. The molecule has 0 bridgehead atoms. The van der Waals surface area contributed by atoms with Crippen LogP contribution >= 0.6 is 0 Å². The highest BCUT2D eigenvalue weighted by atomic mass is 19.4. The first-order valence-corrected chi connectivity index (χ1v) is 11.7. The Morgan fingerprint density at radius 1 is 0.971 bits per heavy atom. The lowest BCUT2D eigenvalue weighted by atomic mass is 9.87. The van der Waals surface area contributed by atoms with E-state index in [9.17, 15) is 31.1 Å². The third kappa shape index (κ3) is 6.02. The van der Waals surface area contributed by atoms with Crippen LogP contribution in [0.4, 0.5) is 26.3 Å². The van der Waals surface area contributed by atoms with Crippen LogP contribution in [-0.4, -0.2) is 29.4 Å². The van der Waals surface area contributed by atoms with Gasteiger partial charge in [-0.2, -0.15) is 26.3 Å². The Bertz CT molecular complexity index is 1060. The minimum absolute atomic E-state index is 0.0328. The van der Waals surface area contributed by atoms with Gasteiger partial charge in [-0.05, 0) is 73.4 Å². The van der Waals surface area contributed by atoms with Gasteiger partial charge >= 0.3 is 18.3 Å². The number of rotatable bonds is 6. The number of carboxylic acid groups (broad SMARTS) is 1. The second kappa shape index (κ2) is 9.87. The molecule has 4 nitrogen and oxygen atoms in total. The minimum Gasteiger partial charge on any atom is -0.490 e. The summed E-state index contributed by atoms with van der Waals surface area (Å²) in [5, 5.41) is 12.7. The molecule has 0 spiro atoms. The van der Waals surface area contributed by atoms with E-state index in [0.717, 1.165) is 12.0 Å². The van der Waals surface area contributed by atoms with Crippen LogP contribution in [0.3, 0.4) is 0 Å². The molecule has 0 heterocycles. The van der Waals surface area contributed by atoms with Crippen molar-refractivity contribution in [3.8, 4) is 5.75 Å². The smallest absolute Gasteiger partial charge is 0.420 e. The lowest BCUT2D eigenvalue weighted by Crippen LogP contribution is -2.32. The molecule has 2 saturated carbocycles. The third-order valence-electron chi connectivity index (χ3n) is 7.14. The molecule has 2 unspecified atom stereocenters. The largest absolute Gasteiger partial charge is 0.490 e. The molecular formula is C25H27F6NO3. The maximum Gasteiger partial charge on any atom is 0.420 e. The van der Waals surface area contributed by atoms with Crippen LogP contribution in [0.5, 0.6) is 5.75 Å². The number of fused-ring (bicyclic) bond motifs is 1. The van der Waals surface area contributed by atoms with Crippen LogP contribution in [0.25, 0.3) is 10.8 Å². The van der Waals surface area contributed by atoms with Gasteiger partial charge in [-0.1, -0.05) is 18.2 Å². The fraction of sp³-hybridized carbons (Fsp3) is 0.560. The standard InChI is InChI=1S/C25H27F6NO3/c26-24(27,28)17-4-7-19(8-5-17)35-21-10-3-15-11-14(1-9-20(15)22(21)25(29,30)31)13-32-18-6-2-16(12-18)23(33)34/h1,3,9-11,16-19,32H,2,4-8,12-13H2,(H,33,34)/t16?,17-,18?,19+. The topological polar surface area (TPSA) is 58.6 Å². The highest BCUT2D eigenvalue weighted by Crippen LogP contribution is 2.44. The predicted molar refractivity (Wildman–Crippen MR) is 117 cm³/mol. The molecule has 0 radical (unpaired) electrons. The summed E-state index contributed by atoms with van der Waals surface area (Å²) in [7, 11) is 0. The average Bonchev–Trinajstić information content (AvgIpc) is 3.26. The number of aliphatic carboxylic acids is 1. The predicted octanol–water partition coefficient (Wildman–Crippen LogP) is 6.70. The summed E-state index contributed by atoms with van der Waals surface area (Å²) in [6.45, 7) is 0.398. The molecular weight excluding hydrogens is 476 g/mol. The van der Waals surface area contributed by atoms with Gasteiger partial charge in [0.1, 0.15) is 11.3 Å². The van der Waals surface area contributed by atoms with Crippen molar-refractivity contribution < 1.29 is 41.0 Å². The number of benzene rings is 2. The molecule has 2 fully saturated rings. The molecule has 0 aliphatic heterocycles. The van der Waals surface area contributed by atoms with Crippen molar-refractivity contribution in [2.24, 2.45) is 11.8 Å². The number of carboxylic acids is 1. The van der Waals surface area contributed by atoms with Crippen molar-refractivity contribution in [3.63, 3.8) is 0 Å². The molecule has 2 aromatic rings. The molecule has 0 aromatic heterocycles. The number of nitrogens with one attached hydrogen (secondary N) is 1.